The number of piperidine rings is 1. The Hall–Kier alpha value is -0.850. The second kappa shape index (κ2) is 11.7. The molecule has 6 heteroatoms. The molecule has 146 valence electrons. The molecule has 2 fully saturated rings. The molecule has 2 aliphatic heterocycles. The van der Waals surface area contributed by atoms with Crippen molar-refractivity contribution in [3.8, 4) is 0 Å². The van der Waals surface area contributed by atoms with Crippen LogP contribution in [0, 0.1) is 5.92 Å². The highest BCUT2D eigenvalue weighted by atomic mass is 16.5. The van der Waals surface area contributed by atoms with Crippen LogP contribution in [0.3, 0.4) is 0 Å². The van der Waals surface area contributed by atoms with Crippen molar-refractivity contribution in [1.82, 2.24) is 15.1 Å². The van der Waals surface area contributed by atoms with E-state index in [9.17, 15) is 0 Å². The number of ether oxygens (including phenoxy) is 2. The summed E-state index contributed by atoms with van der Waals surface area (Å²) in [6.07, 6.45) is 6.48. The number of methoxy groups -OCH3 is 1. The van der Waals surface area contributed by atoms with Crippen molar-refractivity contribution in [3.63, 3.8) is 0 Å². The Kier molecular flexibility index (Phi) is 9.58. The average Bonchev–Trinajstić information content (AvgIpc) is 3.09. The lowest BCUT2D eigenvalue weighted by atomic mass is 10.0. The van der Waals surface area contributed by atoms with Gasteiger partial charge >= 0.3 is 0 Å². The van der Waals surface area contributed by atoms with E-state index in [1.807, 2.05) is 7.05 Å². The summed E-state index contributed by atoms with van der Waals surface area (Å²) in [5.74, 6) is 1.65. The van der Waals surface area contributed by atoms with E-state index in [1.165, 1.54) is 45.2 Å². The normalized spacial score (nSPS) is 25.6. The van der Waals surface area contributed by atoms with E-state index in [0.717, 1.165) is 38.2 Å². The number of rotatable bonds is 9. The monoisotopic (exact) mass is 354 g/mol. The van der Waals surface area contributed by atoms with Crippen molar-refractivity contribution in [2.45, 2.75) is 45.1 Å². The third-order valence-corrected chi connectivity index (χ3v) is 5.43. The zero-order valence-corrected chi connectivity index (χ0v) is 16.5. The molecule has 25 heavy (non-hydrogen) atoms. The first-order valence-corrected chi connectivity index (χ1v) is 10.0. The van der Waals surface area contributed by atoms with E-state index >= 15 is 0 Å². The fraction of sp³-hybridized carbons (Fsp3) is 0.947. The van der Waals surface area contributed by atoms with Crippen LogP contribution in [0.4, 0.5) is 0 Å². The number of nitrogens with one attached hydrogen (secondary N) is 1. The summed E-state index contributed by atoms with van der Waals surface area (Å²) in [7, 11) is 3.60. The molecule has 0 aliphatic carbocycles. The second-order valence-corrected chi connectivity index (χ2v) is 7.38. The van der Waals surface area contributed by atoms with E-state index in [-0.39, 0.29) is 0 Å². The zero-order chi connectivity index (χ0) is 17.9. The average molecular weight is 355 g/mol. The van der Waals surface area contributed by atoms with Gasteiger partial charge in [0.05, 0.1) is 19.8 Å². The molecule has 0 saturated carbocycles. The van der Waals surface area contributed by atoms with Gasteiger partial charge in [-0.3, -0.25) is 4.99 Å². The Morgan fingerprint density at radius 3 is 2.84 bits per heavy atom. The molecule has 0 aromatic carbocycles. The highest BCUT2D eigenvalue weighted by Crippen LogP contribution is 2.17. The van der Waals surface area contributed by atoms with Crippen molar-refractivity contribution in [2.24, 2.45) is 10.9 Å². The van der Waals surface area contributed by atoms with Gasteiger partial charge in [-0.15, -0.1) is 0 Å². The van der Waals surface area contributed by atoms with E-state index in [1.54, 1.807) is 7.11 Å². The summed E-state index contributed by atoms with van der Waals surface area (Å²) >= 11 is 0. The molecule has 0 radical (unpaired) electrons. The van der Waals surface area contributed by atoms with Crippen molar-refractivity contribution in [3.05, 3.63) is 0 Å². The SMILES string of the molecule is CN=C(NCCCN1CCCCC1C)N1CCC(COCCOC)C1. The minimum Gasteiger partial charge on any atom is -0.382 e. The second-order valence-electron chi connectivity index (χ2n) is 7.38. The minimum atomic E-state index is 0.601. The van der Waals surface area contributed by atoms with Crippen LogP contribution >= 0.6 is 0 Å². The van der Waals surface area contributed by atoms with Gasteiger partial charge in [0.1, 0.15) is 0 Å². The third kappa shape index (κ3) is 7.12. The lowest BCUT2D eigenvalue weighted by Crippen LogP contribution is -2.42. The Morgan fingerprint density at radius 1 is 1.20 bits per heavy atom. The van der Waals surface area contributed by atoms with Gasteiger partial charge in [0.25, 0.3) is 0 Å². The molecule has 0 aromatic heterocycles. The lowest BCUT2D eigenvalue weighted by molar-refractivity contribution is 0.0536. The van der Waals surface area contributed by atoms with E-state index < -0.39 is 0 Å². The Labute approximate surface area is 153 Å². The van der Waals surface area contributed by atoms with Crippen LogP contribution in [0.2, 0.25) is 0 Å². The molecule has 2 aliphatic rings. The Balaban J connectivity index is 1.60. The maximum atomic E-state index is 5.68. The first-order valence-electron chi connectivity index (χ1n) is 10.0. The molecule has 6 nitrogen and oxygen atoms in total. The van der Waals surface area contributed by atoms with Crippen molar-refractivity contribution in [1.29, 1.82) is 0 Å². The predicted molar refractivity (Wildman–Crippen MR) is 103 cm³/mol. The van der Waals surface area contributed by atoms with Crippen LogP contribution < -0.4 is 5.32 Å². The topological polar surface area (TPSA) is 49.3 Å². The first kappa shape index (κ1) is 20.5. The third-order valence-electron chi connectivity index (χ3n) is 5.43. The minimum absolute atomic E-state index is 0.601. The smallest absolute Gasteiger partial charge is 0.193 e. The molecular weight excluding hydrogens is 316 g/mol. The predicted octanol–water partition coefficient (Wildman–Crippen LogP) is 1.81. The highest BCUT2D eigenvalue weighted by molar-refractivity contribution is 5.80. The summed E-state index contributed by atoms with van der Waals surface area (Å²) in [5.41, 5.74) is 0. The number of nitrogens with zero attached hydrogens (tertiary/aromatic N) is 3. The summed E-state index contributed by atoms with van der Waals surface area (Å²) in [6.45, 7) is 10.1. The number of guanidine groups is 1. The van der Waals surface area contributed by atoms with Crippen LogP contribution in [0.1, 0.15) is 39.0 Å². The summed E-state index contributed by atoms with van der Waals surface area (Å²) in [5, 5.41) is 3.55. The van der Waals surface area contributed by atoms with Gasteiger partial charge in [0.2, 0.25) is 0 Å². The molecule has 2 rings (SSSR count). The zero-order valence-electron chi connectivity index (χ0n) is 16.5. The van der Waals surface area contributed by atoms with Crippen molar-refractivity contribution in [2.75, 3.05) is 66.7 Å². The largest absolute Gasteiger partial charge is 0.382 e. The van der Waals surface area contributed by atoms with Crippen LogP contribution in [0.15, 0.2) is 4.99 Å². The van der Waals surface area contributed by atoms with Crippen LogP contribution in [0.25, 0.3) is 0 Å². The standard InChI is InChI=1S/C19H38N4O2/c1-17-7-4-5-10-22(17)11-6-9-21-19(20-2)23-12-8-18(15-23)16-25-14-13-24-3/h17-18H,4-16H2,1-3H3,(H,20,21). The van der Waals surface area contributed by atoms with Crippen molar-refractivity contribution >= 4 is 5.96 Å². The Morgan fingerprint density at radius 2 is 2.08 bits per heavy atom. The van der Waals surface area contributed by atoms with Gasteiger partial charge in [-0.25, -0.2) is 0 Å². The van der Waals surface area contributed by atoms with Gasteiger partial charge in [0.15, 0.2) is 5.96 Å². The summed E-state index contributed by atoms with van der Waals surface area (Å²) < 4.78 is 10.7. The fourth-order valence-corrected chi connectivity index (χ4v) is 3.86. The summed E-state index contributed by atoms with van der Waals surface area (Å²) in [4.78, 5) is 9.48. The number of hydrogen-bond donors (Lipinski definition) is 1. The van der Waals surface area contributed by atoms with Gasteiger partial charge in [-0.1, -0.05) is 6.42 Å². The molecule has 2 atom stereocenters. The molecule has 0 aromatic rings. The fourth-order valence-electron chi connectivity index (χ4n) is 3.86. The molecule has 2 saturated heterocycles. The van der Waals surface area contributed by atoms with Crippen LogP contribution in [-0.2, 0) is 9.47 Å². The number of hydrogen-bond acceptors (Lipinski definition) is 4. The van der Waals surface area contributed by atoms with Gasteiger partial charge < -0.3 is 24.6 Å². The number of aliphatic imine (C=N–C) groups is 1. The Bertz CT molecular complexity index is 392. The van der Waals surface area contributed by atoms with Gasteiger partial charge in [-0.05, 0) is 39.2 Å². The maximum absolute atomic E-state index is 5.68. The molecule has 0 bridgehead atoms. The van der Waals surface area contributed by atoms with Gasteiger partial charge in [0, 0.05) is 52.3 Å². The first-order chi connectivity index (χ1) is 12.2. The molecular formula is C19H38N4O2. The highest BCUT2D eigenvalue weighted by Gasteiger charge is 2.25. The maximum Gasteiger partial charge on any atom is 0.193 e. The molecule has 0 amide bonds. The van der Waals surface area contributed by atoms with Crippen molar-refractivity contribution < 1.29 is 9.47 Å². The van der Waals surface area contributed by atoms with E-state index in [4.69, 9.17) is 9.47 Å². The number of likely N-dealkylation sites (tertiary alicyclic amines) is 2. The lowest BCUT2D eigenvalue weighted by Gasteiger charge is -2.33. The van der Waals surface area contributed by atoms with Gasteiger partial charge in [-0.2, -0.15) is 0 Å². The van der Waals surface area contributed by atoms with E-state index in [0.29, 0.717) is 19.1 Å². The molecule has 2 unspecified atom stereocenters. The quantitative estimate of drug-likeness (QED) is 0.389. The van der Waals surface area contributed by atoms with Crippen LogP contribution in [-0.4, -0.2) is 88.5 Å². The molecule has 2 heterocycles. The van der Waals surface area contributed by atoms with Crippen LogP contribution in [0.5, 0.6) is 0 Å². The molecule has 0 spiro atoms. The molecule has 1 N–H and O–H groups in total. The summed E-state index contributed by atoms with van der Waals surface area (Å²) in [6, 6.07) is 0.755. The van der Waals surface area contributed by atoms with E-state index in [2.05, 4.69) is 27.0 Å².